The second-order valence-corrected chi connectivity index (χ2v) is 3.33. The number of esters is 1. The summed E-state index contributed by atoms with van der Waals surface area (Å²) < 4.78 is 34.6. The largest absolute Gasteiger partial charge is 0.494 e. The number of halogens is 3. The molecule has 0 radical (unpaired) electrons. The molecule has 1 aromatic heterocycles. The van der Waals surface area contributed by atoms with E-state index in [1.54, 1.807) is 6.92 Å². The third-order valence-corrected chi connectivity index (χ3v) is 2.17. The van der Waals surface area contributed by atoms with Crippen molar-refractivity contribution in [1.29, 1.82) is 0 Å². The van der Waals surface area contributed by atoms with Crippen LogP contribution < -0.4 is 4.74 Å². The van der Waals surface area contributed by atoms with E-state index in [4.69, 9.17) is 16.3 Å². The van der Waals surface area contributed by atoms with Crippen LogP contribution in [0.1, 0.15) is 29.5 Å². The van der Waals surface area contributed by atoms with Crippen LogP contribution >= 0.6 is 11.6 Å². The number of carbonyl (C=O) groups is 1. The maximum Gasteiger partial charge on any atom is 0.360 e. The highest BCUT2D eigenvalue weighted by Crippen LogP contribution is 2.30. The number of nitrogens with zero attached hydrogens (tertiary/aromatic N) is 1. The van der Waals surface area contributed by atoms with E-state index in [9.17, 15) is 13.6 Å². The summed E-state index contributed by atoms with van der Waals surface area (Å²) in [6.45, 7) is 1.70. The molecule has 0 unspecified atom stereocenters. The van der Waals surface area contributed by atoms with Crippen LogP contribution in [-0.4, -0.2) is 24.7 Å². The second kappa shape index (κ2) is 5.77. The van der Waals surface area contributed by atoms with Gasteiger partial charge in [-0.25, -0.2) is 18.6 Å². The number of hydrogen-bond acceptors (Lipinski definition) is 4. The van der Waals surface area contributed by atoms with Crippen LogP contribution in [0.2, 0.25) is 5.02 Å². The number of hydrogen-bond donors (Lipinski definition) is 0. The molecule has 0 N–H and O–H groups in total. The Bertz CT molecular complexity index is 426. The fourth-order valence-electron chi connectivity index (χ4n) is 1.14. The molecule has 94 valence electrons. The average molecular weight is 266 g/mol. The van der Waals surface area contributed by atoms with Gasteiger partial charge in [-0.15, -0.1) is 0 Å². The SMILES string of the molecule is CCOC(=O)c1nc(C(F)F)c(Cl)cc1OC. The summed E-state index contributed by atoms with van der Waals surface area (Å²) in [5.74, 6) is -0.833. The van der Waals surface area contributed by atoms with Crippen molar-refractivity contribution in [3.8, 4) is 5.75 Å². The van der Waals surface area contributed by atoms with E-state index >= 15 is 0 Å². The van der Waals surface area contributed by atoms with E-state index in [2.05, 4.69) is 9.72 Å². The summed E-state index contributed by atoms with van der Waals surface area (Å²) in [6, 6.07) is 1.11. The maximum absolute atomic E-state index is 12.6. The van der Waals surface area contributed by atoms with Crippen molar-refractivity contribution < 1.29 is 23.0 Å². The molecule has 0 aliphatic rings. The summed E-state index contributed by atoms with van der Waals surface area (Å²) in [4.78, 5) is 14.9. The van der Waals surface area contributed by atoms with E-state index < -0.39 is 18.1 Å². The van der Waals surface area contributed by atoms with Gasteiger partial charge in [-0.1, -0.05) is 11.6 Å². The standard InChI is InChI=1S/C10H10ClF2NO3/c1-3-17-10(15)8-6(16-2)4-5(11)7(14-8)9(12)13/h4,9H,3H2,1-2H3. The summed E-state index contributed by atoms with van der Waals surface area (Å²) in [5.41, 5.74) is -0.982. The quantitative estimate of drug-likeness (QED) is 0.786. The lowest BCUT2D eigenvalue weighted by atomic mass is 10.2. The van der Waals surface area contributed by atoms with Gasteiger partial charge in [0.25, 0.3) is 6.43 Å². The molecule has 0 aliphatic heterocycles. The lowest BCUT2D eigenvalue weighted by molar-refractivity contribution is 0.0513. The summed E-state index contributed by atoms with van der Waals surface area (Å²) in [6.07, 6.45) is -2.87. The number of pyridine rings is 1. The van der Waals surface area contributed by atoms with E-state index in [0.29, 0.717) is 0 Å². The van der Waals surface area contributed by atoms with E-state index in [1.165, 1.54) is 7.11 Å². The van der Waals surface area contributed by atoms with Gasteiger partial charge in [0.15, 0.2) is 11.4 Å². The number of rotatable bonds is 4. The summed E-state index contributed by atoms with van der Waals surface area (Å²) >= 11 is 5.58. The first kappa shape index (κ1) is 13.6. The highest BCUT2D eigenvalue weighted by atomic mass is 35.5. The number of alkyl halides is 2. The molecule has 0 aromatic carbocycles. The molecule has 0 fully saturated rings. The smallest absolute Gasteiger partial charge is 0.360 e. The Morgan fingerprint density at radius 3 is 2.71 bits per heavy atom. The van der Waals surface area contributed by atoms with E-state index in [1.807, 2.05) is 0 Å². The molecule has 0 bridgehead atoms. The molecule has 17 heavy (non-hydrogen) atoms. The van der Waals surface area contributed by atoms with Crippen molar-refractivity contribution in [2.24, 2.45) is 0 Å². The van der Waals surface area contributed by atoms with Crippen molar-refractivity contribution in [2.75, 3.05) is 13.7 Å². The number of ether oxygens (including phenoxy) is 2. The highest BCUT2D eigenvalue weighted by molar-refractivity contribution is 6.31. The van der Waals surface area contributed by atoms with Crippen LogP contribution in [0.5, 0.6) is 5.75 Å². The van der Waals surface area contributed by atoms with Gasteiger partial charge in [0.05, 0.1) is 18.7 Å². The predicted octanol–water partition coefficient (Wildman–Crippen LogP) is 2.86. The number of aromatic nitrogens is 1. The van der Waals surface area contributed by atoms with Crippen LogP contribution in [-0.2, 0) is 4.74 Å². The van der Waals surface area contributed by atoms with Crippen LogP contribution in [0.4, 0.5) is 8.78 Å². The molecule has 0 aliphatic carbocycles. The lowest BCUT2D eigenvalue weighted by Crippen LogP contribution is -2.11. The first-order chi connectivity index (χ1) is 8.01. The normalized spacial score (nSPS) is 10.5. The summed E-state index contributed by atoms with van der Waals surface area (Å²) in [5, 5.41) is -0.259. The zero-order valence-electron chi connectivity index (χ0n) is 9.17. The zero-order valence-corrected chi connectivity index (χ0v) is 9.92. The molecule has 0 amide bonds. The fourth-order valence-corrected chi connectivity index (χ4v) is 1.36. The third-order valence-electron chi connectivity index (χ3n) is 1.86. The van der Waals surface area contributed by atoms with E-state index in [0.717, 1.165) is 6.07 Å². The molecule has 4 nitrogen and oxygen atoms in total. The monoisotopic (exact) mass is 265 g/mol. The van der Waals surface area contributed by atoms with Gasteiger partial charge < -0.3 is 9.47 Å². The molecule has 0 saturated carbocycles. The van der Waals surface area contributed by atoms with Crippen LogP contribution in [0.15, 0.2) is 6.07 Å². The van der Waals surface area contributed by atoms with Gasteiger partial charge in [-0.2, -0.15) is 0 Å². The first-order valence-electron chi connectivity index (χ1n) is 4.71. The molecule has 7 heteroatoms. The number of methoxy groups -OCH3 is 1. The first-order valence-corrected chi connectivity index (χ1v) is 5.08. The Morgan fingerprint density at radius 2 is 2.24 bits per heavy atom. The zero-order chi connectivity index (χ0) is 13.0. The maximum atomic E-state index is 12.6. The number of carbonyl (C=O) groups excluding carboxylic acids is 1. The minimum absolute atomic E-state index is 0.00199. The molecule has 1 rings (SSSR count). The van der Waals surface area contributed by atoms with Crippen molar-refractivity contribution in [3.05, 3.63) is 22.5 Å². The van der Waals surface area contributed by atoms with Gasteiger partial charge in [0.1, 0.15) is 5.69 Å². The Hall–Kier alpha value is -1.43. The van der Waals surface area contributed by atoms with Gasteiger partial charge >= 0.3 is 5.97 Å². The highest BCUT2D eigenvalue weighted by Gasteiger charge is 2.22. The van der Waals surface area contributed by atoms with Crippen molar-refractivity contribution in [2.45, 2.75) is 13.3 Å². The van der Waals surface area contributed by atoms with Crippen molar-refractivity contribution in [1.82, 2.24) is 4.98 Å². The Morgan fingerprint density at radius 1 is 1.59 bits per heavy atom. The predicted molar refractivity (Wildman–Crippen MR) is 56.7 cm³/mol. The molecule has 0 spiro atoms. The molecular formula is C10H10ClF2NO3. The van der Waals surface area contributed by atoms with Gasteiger partial charge in [-0.3, -0.25) is 0 Å². The molecular weight excluding hydrogens is 256 g/mol. The molecule has 1 aromatic rings. The van der Waals surface area contributed by atoms with E-state index in [-0.39, 0.29) is 23.1 Å². The Kier molecular flexibility index (Phi) is 4.62. The van der Waals surface area contributed by atoms with Gasteiger partial charge in [0.2, 0.25) is 0 Å². The molecule has 0 saturated heterocycles. The topological polar surface area (TPSA) is 48.4 Å². The minimum atomic E-state index is -2.87. The van der Waals surface area contributed by atoms with Crippen LogP contribution in [0.3, 0.4) is 0 Å². The third kappa shape index (κ3) is 3.03. The van der Waals surface area contributed by atoms with Crippen molar-refractivity contribution >= 4 is 17.6 Å². The average Bonchev–Trinajstić information content (AvgIpc) is 2.28. The van der Waals surface area contributed by atoms with Crippen LogP contribution in [0.25, 0.3) is 0 Å². The second-order valence-electron chi connectivity index (χ2n) is 2.93. The summed E-state index contributed by atoms with van der Waals surface area (Å²) in [7, 11) is 1.28. The Labute approximate surface area is 101 Å². The van der Waals surface area contributed by atoms with Crippen LogP contribution in [0, 0.1) is 0 Å². The van der Waals surface area contributed by atoms with Gasteiger partial charge in [-0.05, 0) is 6.92 Å². The van der Waals surface area contributed by atoms with Crippen molar-refractivity contribution in [3.63, 3.8) is 0 Å². The Balaban J connectivity index is 3.26. The molecule has 0 atom stereocenters. The van der Waals surface area contributed by atoms with Gasteiger partial charge in [0, 0.05) is 6.07 Å². The minimum Gasteiger partial charge on any atom is -0.494 e. The fraction of sp³-hybridized carbons (Fsp3) is 0.400. The molecule has 1 heterocycles. The lowest BCUT2D eigenvalue weighted by Gasteiger charge is -2.10.